The van der Waals surface area contributed by atoms with Crippen molar-refractivity contribution in [2.75, 3.05) is 18.0 Å². The van der Waals surface area contributed by atoms with Gasteiger partial charge in [0.1, 0.15) is 5.82 Å². The van der Waals surface area contributed by atoms with E-state index in [4.69, 9.17) is 0 Å². The highest BCUT2D eigenvalue weighted by atomic mass is 19.1. The van der Waals surface area contributed by atoms with Crippen molar-refractivity contribution >= 4 is 5.69 Å². The zero-order valence-electron chi connectivity index (χ0n) is 10.0. The van der Waals surface area contributed by atoms with E-state index in [0.29, 0.717) is 12.1 Å². The highest BCUT2D eigenvalue weighted by Crippen LogP contribution is 2.30. The lowest BCUT2D eigenvalue weighted by Crippen LogP contribution is -2.59. The normalized spacial score (nSPS) is 28.9. The topological polar surface area (TPSA) is 15.3 Å². The third kappa shape index (κ3) is 2.04. The fourth-order valence-corrected chi connectivity index (χ4v) is 3.24. The summed E-state index contributed by atoms with van der Waals surface area (Å²) in [6.07, 6.45) is 4.99. The minimum atomic E-state index is -0.0845. The van der Waals surface area contributed by atoms with Gasteiger partial charge in [0.2, 0.25) is 0 Å². The summed E-state index contributed by atoms with van der Waals surface area (Å²) in [6, 6.07) is 8.20. The number of para-hydroxylation sites is 1. The molecule has 1 aromatic carbocycles. The SMILES string of the molecule is Fc1ccccc1N1CCN[C@@H]2CCCC[C@H]21. The maximum absolute atomic E-state index is 13.9. The van der Waals surface area contributed by atoms with Crippen LogP contribution in [0.15, 0.2) is 24.3 Å². The summed E-state index contributed by atoms with van der Waals surface area (Å²) in [5, 5.41) is 3.58. The van der Waals surface area contributed by atoms with Gasteiger partial charge in [-0.3, -0.25) is 0 Å². The molecular formula is C14H19FN2. The Kier molecular flexibility index (Phi) is 3.02. The molecule has 2 nitrogen and oxygen atoms in total. The highest BCUT2D eigenvalue weighted by molar-refractivity contribution is 5.49. The van der Waals surface area contributed by atoms with E-state index in [2.05, 4.69) is 10.2 Å². The van der Waals surface area contributed by atoms with E-state index in [-0.39, 0.29) is 5.82 Å². The number of hydrogen-bond donors (Lipinski definition) is 1. The number of piperazine rings is 1. The van der Waals surface area contributed by atoms with Crippen molar-refractivity contribution in [2.24, 2.45) is 0 Å². The molecule has 17 heavy (non-hydrogen) atoms. The molecule has 0 bridgehead atoms. The van der Waals surface area contributed by atoms with Crippen molar-refractivity contribution in [2.45, 2.75) is 37.8 Å². The van der Waals surface area contributed by atoms with Gasteiger partial charge in [-0.05, 0) is 25.0 Å². The van der Waals surface area contributed by atoms with Gasteiger partial charge in [0.25, 0.3) is 0 Å². The average Bonchev–Trinajstić information content (AvgIpc) is 2.39. The van der Waals surface area contributed by atoms with Crippen molar-refractivity contribution in [1.29, 1.82) is 0 Å². The first-order chi connectivity index (χ1) is 8.36. The lowest BCUT2D eigenvalue weighted by molar-refractivity contribution is 0.282. The molecule has 1 N–H and O–H groups in total. The lowest BCUT2D eigenvalue weighted by atomic mass is 9.87. The number of nitrogens with one attached hydrogen (secondary N) is 1. The molecule has 1 aliphatic heterocycles. The number of hydrogen-bond acceptors (Lipinski definition) is 2. The Labute approximate surface area is 102 Å². The van der Waals surface area contributed by atoms with Crippen LogP contribution in [0.2, 0.25) is 0 Å². The number of rotatable bonds is 1. The van der Waals surface area contributed by atoms with Gasteiger partial charge >= 0.3 is 0 Å². The fourth-order valence-electron chi connectivity index (χ4n) is 3.24. The first kappa shape index (κ1) is 11.0. The highest BCUT2D eigenvalue weighted by Gasteiger charge is 2.33. The molecule has 2 atom stereocenters. The third-order valence-corrected chi connectivity index (χ3v) is 4.05. The zero-order valence-corrected chi connectivity index (χ0v) is 10.0. The van der Waals surface area contributed by atoms with E-state index >= 15 is 0 Å². The second kappa shape index (κ2) is 4.65. The summed E-state index contributed by atoms with van der Waals surface area (Å²) in [7, 11) is 0. The molecule has 1 saturated heterocycles. The Morgan fingerprint density at radius 2 is 2.00 bits per heavy atom. The number of nitrogens with zero attached hydrogens (tertiary/aromatic N) is 1. The number of benzene rings is 1. The largest absolute Gasteiger partial charge is 0.363 e. The molecule has 2 aliphatic rings. The molecule has 1 aliphatic carbocycles. The summed E-state index contributed by atoms with van der Waals surface area (Å²) in [5.41, 5.74) is 0.783. The number of anilines is 1. The van der Waals surface area contributed by atoms with Crippen LogP contribution >= 0.6 is 0 Å². The summed E-state index contributed by atoms with van der Waals surface area (Å²) in [5.74, 6) is -0.0845. The fraction of sp³-hybridized carbons (Fsp3) is 0.571. The van der Waals surface area contributed by atoms with Gasteiger partial charge in [-0.1, -0.05) is 25.0 Å². The van der Waals surface area contributed by atoms with Crippen LogP contribution in [0.3, 0.4) is 0 Å². The Hall–Kier alpha value is -1.09. The Balaban J connectivity index is 1.88. The first-order valence-corrected chi connectivity index (χ1v) is 6.61. The van der Waals surface area contributed by atoms with Crippen LogP contribution in [0, 0.1) is 5.82 Å². The monoisotopic (exact) mass is 234 g/mol. The molecule has 1 heterocycles. The standard InChI is InChI=1S/C14H19FN2/c15-11-5-1-3-7-13(11)17-10-9-16-12-6-2-4-8-14(12)17/h1,3,5,7,12,14,16H,2,4,6,8-10H2/t12-,14-/m1/s1. The second-order valence-corrected chi connectivity index (χ2v) is 5.06. The molecule has 0 spiro atoms. The van der Waals surface area contributed by atoms with Crippen molar-refractivity contribution < 1.29 is 4.39 Å². The molecule has 3 rings (SSSR count). The van der Waals surface area contributed by atoms with E-state index < -0.39 is 0 Å². The van der Waals surface area contributed by atoms with Crippen molar-refractivity contribution in [3.05, 3.63) is 30.1 Å². The van der Waals surface area contributed by atoms with E-state index in [0.717, 1.165) is 18.8 Å². The number of halogens is 1. The molecule has 1 aromatic rings. The molecule has 3 heteroatoms. The van der Waals surface area contributed by atoms with Crippen LogP contribution in [0.1, 0.15) is 25.7 Å². The summed E-state index contributed by atoms with van der Waals surface area (Å²) in [6.45, 7) is 1.89. The molecule has 1 saturated carbocycles. The summed E-state index contributed by atoms with van der Waals surface area (Å²) >= 11 is 0. The van der Waals surface area contributed by atoms with Crippen LogP contribution in [0.25, 0.3) is 0 Å². The van der Waals surface area contributed by atoms with Crippen LogP contribution in [0.5, 0.6) is 0 Å². The minimum absolute atomic E-state index is 0.0845. The molecule has 92 valence electrons. The van der Waals surface area contributed by atoms with Crippen LogP contribution in [0.4, 0.5) is 10.1 Å². The van der Waals surface area contributed by atoms with Gasteiger partial charge in [0, 0.05) is 25.2 Å². The smallest absolute Gasteiger partial charge is 0.146 e. The van der Waals surface area contributed by atoms with E-state index in [1.165, 1.54) is 25.7 Å². The second-order valence-electron chi connectivity index (χ2n) is 5.06. The molecule has 0 unspecified atom stereocenters. The molecule has 0 radical (unpaired) electrons. The minimum Gasteiger partial charge on any atom is -0.363 e. The van der Waals surface area contributed by atoms with Gasteiger partial charge in [0.05, 0.1) is 5.69 Å². The van der Waals surface area contributed by atoms with Crippen LogP contribution in [-0.4, -0.2) is 25.2 Å². The maximum atomic E-state index is 13.9. The van der Waals surface area contributed by atoms with Gasteiger partial charge in [-0.25, -0.2) is 4.39 Å². The summed E-state index contributed by atoms with van der Waals surface area (Å²) in [4.78, 5) is 2.27. The van der Waals surface area contributed by atoms with Gasteiger partial charge in [-0.15, -0.1) is 0 Å². The van der Waals surface area contributed by atoms with Crippen LogP contribution in [-0.2, 0) is 0 Å². The van der Waals surface area contributed by atoms with E-state index in [9.17, 15) is 4.39 Å². The molecule has 0 amide bonds. The van der Waals surface area contributed by atoms with E-state index in [1.54, 1.807) is 12.1 Å². The lowest BCUT2D eigenvalue weighted by Gasteiger charge is -2.46. The van der Waals surface area contributed by atoms with E-state index in [1.807, 2.05) is 12.1 Å². The van der Waals surface area contributed by atoms with Crippen molar-refractivity contribution in [3.63, 3.8) is 0 Å². The Morgan fingerprint density at radius 1 is 1.18 bits per heavy atom. The predicted octanol–water partition coefficient (Wildman–Crippen LogP) is 2.55. The molecule has 0 aromatic heterocycles. The number of fused-ring (bicyclic) bond motifs is 1. The van der Waals surface area contributed by atoms with Gasteiger partial charge in [-0.2, -0.15) is 0 Å². The first-order valence-electron chi connectivity index (χ1n) is 6.61. The predicted molar refractivity (Wildman–Crippen MR) is 67.8 cm³/mol. The molecular weight excluding hydrogens is 215 g/mol. The Bertz CT molecular complexity index is 392. The quantitative estimate of drug-likeness (QED) is 0.803. The maximum Gasteiger partial charge on any atom is 0.146 e. The van der Waals surface area contributed by atoms with Crippen molar-refractivity contribution in [1.82, 2.24) is 5.32 Å². The van der Waals surface area contributed by atoms with Gasteiger partial charge in [0.15, 0.2) is 0 Å². The average molecular weight is 234 g/mol. The Morgan fingerprint density at radius 3 is 2.88 bits per heavy atom. The van der Waals surface area contributed by atoms with Crippen molar-refractivity contribution in [3.8, 4) is 0 Å². The summed E-state index contributed by atoms with van der Waals surface area (Å²) < 4.78 is 13.9. The van der Waals surface area contributed by atoms with Gasteiger partial charge < -0.3 is 10.2 Å². The van der Waals surface area contributed by atoms with Crippen LogP contribution < -0.4 is 10.2 Å². The third-order valence-electron chi connectivity index (χ3n) is 4.05. The zero-order chi connectivity index (χ0) is 11.7. The molecule has 2 fully saturated rings.